The number of anilines is 11. The van der Waals surface area contributed by atoms with Crippen LogP contribution in [0, 0.1) is 0 Å². The van der Waals surface area contributed by atoms with Crippen molar-refractivity contribution in [3.8, 4) is 11.5 Å². The summed E-state index contributed by atoms with van der Waals surface area (Å²) in [6.07, 6.45) is -9.58. The average Bonchev–Trinajstić information content (AvgIpc) is 1.79. The quantitative estimate of drug-likeness (QED) is 0.0260. The number of carbonyl (C=O) groups is 1. The number of hydrogen-bond acceptors (Lipinski definition) is 19. The number of methoxy groups -OCH3 is 2. The molecule has 4 heterocycles. The Labute approximate surface area is 589 Å². The average molecular weight is 1500 g/mol. The Balaban J connectivity index is 0.000000180. The van der Waals surface area contributed by atoms with Gasteiger partial charge in [0.05, 0.1) is 61.2 Å². The van der Waals surface area contributed by atoms with Crippen LogP contribution in [-0.4, -0.2) is 105 Å². The van der Waals surface area contributed by atoms with Gasteiger partial charge in [0.15, 0.2) is 5.82 Å². The van der Waals surface area contributed by atoms with Gasteiger partial charge in [-0.25, -0.2) is 19.7 Å². The summed E-state index contributed by atoms with van der Waals surface area (Å²) in [5, 5.41) is 33.7. The molecule has 0 bridgehead atoms. The van der Waals surface area contributed by atoms with Crippen LogP contribution in [0.4, 0.5) is 103 Å². The first-order valence-electron chi connectivity index (χ1n) is 30.5. The van der Waals surface area contributed by atoms with E-state index in [1.807, 2.05) is 41.1 Å². The number of hydrogen-bond donors (Lipinski definition) is 7. The SMILES string of the molecule is COc1cc(P(C)(C)=O)ccc1Nc1ncc(Cl)c(Nc2ccc(C(=O)O)cc2OC)n1.CP(C)(=O)c1ccc(Nc2ncc(C(F)(F)F)c(NCc3cccc(C(F)(F)F)c3)n2)cc1.CP(C)(=O)c1ccc(Nc2ncc(C(F)(F)F)c(Nc3ccc4c(cnn4Cc4ccccc4)c3)n2)cc1. The highest BCUT2D eigenvalue weighted by molar-refractivity contribution is 7.70. The molecule has 0 fully saturated rings. The summed E-state index contributed by atoms with van der Waals surface area (Å²) in [7, 11) is -4.39. The normalized spacial score (nSPS) is 11.9. The largest absolute Gasteiger partial charge is 0.495 e. The van der Waals surface area contributed by atoms with Gasteiger partial charge in [-0.1, -0.05) is 54.1 Å². The minimum absolute atomic E-state index is 0.0128. The van der Waals surface area contributed by atoms with Crippen LogP contribution in [0.1, 0.15) is 38.2 Å². The fourth-order valence-corrected chi connectivity index (χ4v) is 12.4. The first kappa shape index (κ1) is 76.6. The van der Waals surface area contributed by atoms with Crippen molar-refractivity contribution in [1.29, 1.82) is 0 Å². The zero-order chi connectivity index (χ0) is 74.8. The smallest absolute Gasteiger partial charge is 0.421 e. The van der Waals surface area contributed by atoms with Crippen LogP contribution >= 0.6 is 33.0 Å². The molecule has 0 saturated carbocycles. The third-order valence-corrected chi connectivity index (χ3v) is 19.9. The number of aromatic carboxylic acids is 1. The molecule has 0 aliphatic heterocycles. The van der Waals surface area contributed by atoms with Crippen LogP contribution in [0.3, 0.4) is 0 Å². The van der Waals surface area contributed by atoms with E-state index in [2.05, 4.69) is 66.9 Å². The van der Waals surface area contributed by atoms with E-state index in [-0.39, 0.29) is 52.2 Å². The number of nitrogens with zero attached hydrogens (tertiary/aromatic N) is 8. The van der Waals surface area contributed by atoms with Crippen LogP contribution in [-0.2, 0) is 45.3 Å². The van der Waals surface area contributed by atoms with E-state index in [0.717, 1.165) is 34.8 Å². The lowest BCUT2D eigenvalue weighted by Gasteiger charge is -2.16. The third-order valence-electron chi connectivity index (χ3n) is 15.0. The zero-order valence-corrected chi connectivity index (χ0v) is 59.3. The predicted molar refractivity (Wildman–Crippen MR) is 385 cm³/mol. The minimum atomic E-state index is -4.78. The van der Waals surface area contributed by atoms with E-state index in [4.69, 9.17) is 26.2 Å². The number of carboxylic acid groups (broad SMARTS) is 1. The van der Waals surface area contributed by atoms with Crippen LogP contribution in [0.15, 0.2) is 183 Å². The molecular formula is C69H65ClF9N14O7P3. The molecule has 34 heteroatoms. The van der Waals surface area contributed by atoms with Crippen molar-refractivity contribution < 1.29 is 72.6 Å². The second-order valence-corrected chi connectivity index (χ2v) is 33.8. The molecular weight excluding hydrogens is 1440 g/mol. The van der Waals surface area contributed by atoms with E-state index in [1.165, 1.54) is 44.7 Å². The molecule has 11 aromatic rings. The zero-order valence-electron chi connectivity index (χ0n) is 55.8. The Morgan fingerprint density at radius 3 is 1.54 bits per heavy atom. The van der Waals surface area contributed by atoms with Crippen LogP contribution in [0.2, 0.25) is 5.02 Å². The molecule has 4 aromatic heterocycles. The van der Waals surface area contributed by atoms with E-state index in [1.54, 1.807) is 131 Å². The lowest BCUT2D eigenvalue weighted by Crippen LogP contribution is -2.15. The summed E-state index contributed by atoms with van der Waals surface area (Å²) in [4.78, 5) is 35.3. The molecule has 0 aliphatic carbocycles. The molecule has 7 aromatic carbocycles. The fourth-order valence-electron chi connectivity index (χ4n) is 9.63. The van der Waals surface area contributed by atoms with Crippen molar-refractivity contribution in [1.82, 2.24) is 39.7 Å². The Kier molecular flexibility index (Phi) is 23.7. The molecule has 0 aliphatic rings. The molecule has 21 nitrogen and oxygen atoms in total. The highest BCUT2D eigenvalue weighted by Crippen LogP contribution is 2.42. The molecule has 538 valence electrons. The monoisotopic (exact) mass is 1500 g/mol. The fraction of sp³-hybridized carbons (Fsp3) is 0.188. The standard InChI is InChI=1S/C27H24F3N6OP.C21H22ClN4O5P.C21H19F6N4OP/c1-38(2,37)22-11-8-20(9-12-22)34-26-31-16-23(27(28,29)30)25(35-26)33-21-10-13-24-19(14-21)15-32-36(24)17-18-6-4-3-5-7-18;1-30-17-9-12(20(27)28)5-7-15(17)24-19-14(22)11-23-21(26-19)25-16-8-6-13(32(3,4)29)10-18(16)31-2;1-33(2,32)16-8-6-15(7-9-16)30-19-29-12-17(21(25,26)27)18(31-19)28-11-13-4-3-5-14(10-13)20(22,23)24/h3-16H,17H2,1-2H3,(H2,31,33,34,35);5-11H,1-4H3,(H,27,28)(H2,23,24,25,26);3-10,12H,11H2,1-2H3,(H2,28,29,30,31). The molecule has 0 radical (unpaired) electrons. The van der Waals surface area contributed by atoms with E-state index >= 15 is 0 Å². The van der Waals surface area contributed by atoms with Crippen molar-refractivity contribution in [2.24, 2.45) is 0 Å². The maximum Gasteiger partial charge on any atom is 0.421 e. The maximum atomic E-state index is 13.7. The Bertz CT molecular complexity index is 5000. The van der Waals surface area contributed by atoms with Crippen molar-refractivity contribution in [3.05, 3.63) is 221 Å². The van der Waals surface area contributed by atoms with E-state index in [9.17, 15) is 58.0 Å². The van der Waals surface area contributed by atoms with Gasteiger partial charge >= 0.3 is 24.5 Å². The molecule has 11 rings (SSSR count). The summed E-state index contributed by atoms with van der Waals surface area (Å²) >= 11 is 6.25. The molecule has 7 N–H and O–H groups in total. The highest BCUT2D eigenvalue weighted by Gasteiger charge is 2.37. The second kappa shape index (κ2) is 31.8. The number of nitrogens with one attached hydrogen (secondary N) is 6. The highest BCUT2D eigenvalue weighted by atomic mass is 35.5. The Hall–Kier alpha value is -10.5. The first-order chi connectivity index (χ1) is 48.4. The van der Waals surface area contributed by atoms with Crippen molar-refractivity contribution in [2.45, 2.75) is 31.6 Å². The molecule has 0 atom stereocenters. The second-order valence-electron chi connectivity index (χ2n) is 23.8. The number of alkyl halides is 9. The van der Waals surface area contributed by atoms with Gasteiger partial charge in [-0.15, -0.1) is 0 Å². The number of rotatable bonds is 21. The number of fused-ring (bicyclic) bond motifs is 1. The van der Waals surface area contributed by atoms with Gasteiger partial charge in [0.1, 0.15) is 60.7 Å². The summed E-state index contributed by atoms with van der Waals surface area (Å²) in [5.74, 6) is -0.869. The topological polar surface area (TPSA) is 274 Å². The van der Waals surface area contributed by atoms with Crippen LogP contribution in [0.5, 0.6) is 11.5 Å². The summed E-state index contributed by atoms with van der Waals surface area (Å²) in [6, 6.07) is 42.2. The Morgan fingerprint density at radius 2 is 0.990 bits per heavy atom. The number of ether oxygens (including phenoxy) is 2. The van der Waals surface area contributed by atoms with Crippen molar-refractivity contribution in [3.63, 3.8) is 0 Å². The summed E-state index contributed by atoms with van der Waals surface area (Å²) < 4.78 is 169. The van der Waals surface area contributed by atoms with Gasteiger partial charge in [0.25, 0.3) is 0 Å². The lowest BCUT2D eigenvalue weighted by atomic mass is 10.1. The van der Waals surface area contributed by atoms with Gasteiger partial charge < -0.3 is 60.2 Å². The Morgan fingerprint density at radius 1 is 0.495 bits per heavy atom. The first-order valence-corrected chi connectivity index (χ1v) is 38.7. The van der Waals surface area contributed by atoms with Gasteiger partial charge in [0.2, 0.25) is 17.8 Å². The van der Waals surface area contributed by atoms with Gasteiger partial charge in [-0.2, -0.15) is 59.6 Å². The van der Waals surface area contributed by atoms with Crippen LogP contribution < -0.4 is 57.3 Å². The van der Waals surface area contributed by atoms with Gasteiger partial charge in [0, 0.05) is 57.3 Å². The number of benzene rings is 7. The molecule has 0 saturated heterocycles. The number of carboxylic acids is 1. The summed E-state index contributed by atoms with van der Waals surface area (Å²) in [5.41, 5.74) is 1.60. The molecule has 103 heavy (non-hydrogen) atoms. The third kappa shape index (κ3) is 20.8. The van der Waals surface area contributed by atoms with Gasteiger partial charge in [-0.05, 0) is 166 Å². The number of halogens is 10. The predicted octanol–water partition coefficient (Wildman–Crippen LogP) is 17.3. The van der Waals surface area contributed by atoms with Gasteiger partial charge in [-0.3, -0.25) is 4.68 Å². The summed E-state index contributed by atoms with van der Waals surface area (Å²) in [6.45, 7) is 10.2. The van der Waals surface area contributed by atoms with Crippen molar-refractivity contribution in [2.75, 3.05) is 86.1 Å². The van der Waals surface area contributed by atoms with E-state index < -0.39 is 68.4 Å². The van der Waals surface area contributed by atoms with Crippen LogP contribution in [0.25, 0.3) is 10.9 Å². The molecule has 0 spiro atoms. The molecule has 0 unspecified atom stereocenters. The lowest BCUT2D eigenvalue weighted by molar-refractivity contribution is -0.138. The number of aromatic nitrogens is 8. The van der Waals surface area contributed by atoms with E-state index in [0.29, 0.717) is 68.6 Å². The minimum Gasteiger partial charge on any atom is -0.495 e. The van der Waals surface area contributed by atoms with Crippen molar-refractivity contribution >= 4 is 130 Å². The molecule has 0 amide bonds. The maximum absolute atomic E-state index is 13.7.